The summed E-state index contributed by atoms with van der Waals surface area (Å²) in [6.45, 7) is 6.05. The zero-order valence-corrected chi connectivity index (χ0v) is 7.92. The largest absolute Gasteiger partial charge is 0.392 e. The molecule has 1 unspecified atom stereocenters. The van der Waals surface area contributed by atoms with Crippen molar-refractivity contribution in [2.75, 3.05) is 0 Å². The van der Waals surface area contributed by atoms with Crippen molar-refractivity contribution < 1.29 is 9.90 Å². The summed E-state index contributed by atoms with van der Waals surface area (Å²) >= 11 is 0. The molecule has 0 aliphatic heterocycles. The summed E-state index contributed by atoms with van der Waals surface area (Å²) in [6, 6.07) is 0. The van der Waals surface area contributed by atoms with Crippen LogP contribution in [0.4, 0.5) is 0 Å². The first-order valence-electron chi connectivity index (χ1n) is 4.31. The van der Waals surface area contributed by atoms with Gasteiger partial charge in [0.05, 0.1) is 6.10 Å². The van der Waals surface area contributed by atoms with E-state index in [2.05, 4.69) is 0 Å². The van der Waals surface area contributed by atoms with Crippen LogP contribution in [0.1, 0.15) is 33.6 Å². The molecule has 0 amide bonds. The van der Waals surface area contributed by atoms with Gasteiger partial charge in [-0.3, -0.25) is 0 Å². The lowest BCUT2D eigenvalue weighted by Crippen LogP contribution is -2.24. The van der Waals surface area contributed by atoms with E-state index < -0.39 is 0 Å². The van der Waals surface area contributed by atoms with Crippen LogP contribution in [0.5, 0.6) is 0 Å². The summed E-state index contributed by atoms with van der Waals surface area (Å²) in [5.74, 6) is 0. The van der Waals surface area contributed by atoms with Gasteiger partial charge in [0.15, 0.2) is 0 Å². The van der Waals surface area contributed by atoms with Gasteiger partial charge < -0.3 is 9.90 Å². The molecule has 2 heteroatoms. The fourth-order valence-electron chi connectivity index (χ4n) is 1.68. The number of hydrogen-bond acceptors (Lipinski definition) is 2. The Kier molecular flexibility index (Phi) is 2.38. The standard InChI is InChI=1S/C10H16O2/c1-7-8(4-5-11)6-9(12)10(7,2)3/h5,9,12H,4,6H2,1-3H3. The monoisotopic (exact) mass is 168 g/mol. The molecule has 0 bridgehead atoms. The Morgan fingerprint density at radius 2 is 2.25 bits per heavy atom. The van der Waals surface area contributed by atoms with Crippen molar-refractivity contribution in [3.8, 4) is 0 Å². The van der Waals surface area contributed by atoms with E-state index in [0.717, 1.165) is 11.9 Å². The van der Waals surface area contributed by atoms with Crippen LogP contribution in [0.15, 0.2) is 11.1 Å². The zero-order chi connectivity index (χ0) is 9.35. The quantitative estimate of drug-likeness (QED) is 0.503. The maximum Gasteiger partial charge on any atom is 0.124 e. The molecule has 0 heterocycles. The highest BCUT2D eigenvalue weighted by Gasteiger charge is 2.37. The number of carbonyl (C=O) groups excluding carboxylic acids is 1. The fourth-order valence-corrected chi connectivity index (χ4v) is 1.68. The van der Waals surface area contributed by atoms with Crippen LogP contribution in [0.25, 0.3) is 0 Å². The van der Waals surface area contributed by atoms with E-state index in [0.29, 0.717) is 12.8 Å². The van der Waals surface area contributed by atoms with Gasteiger partial charge in [0.25, 0.3) is 0 Å². The Labute approximate surface area is 73.3 Å². The highest BCUT2D eigenvalue weighted by molar-refractivity contribution is 5.56. The van der Waals surface area contributed by atoms with Gasteiger partial charge in [-0.15, -0.1) is 0 Å². The zero-order valence-electron chi connectivity index (χ0n) is 7.92. The molecule has 0 fully saturated rings. The van der Waals surface area contributed by atoms with Crippen molar-refractivity contribution in [2.24, 2.45) is 5.41 Å². The summed E-state index contributed by atoms with van der Waals surface area (Å²) in [6.07, 6.45) is 1.74. The number of hydrogen-bond donors (Lipinski definition) is 1. The van der Waals surface area contributed by atoms with Gasteiger partial charge >= 0.3 is 0 Å². The smallest absolute Gasteiger partial charge is 0.124 e. The summed E-state index contributed by atoms with van der Waals surface area (Å²) in [4.78, 5) is 10.3. The average Bonchev–Trinajstić information content (AvgIpc) is 2.17. The lowest BCUT2D eigenvalue weighted by molar-refractivity contribution is -0.107. The van der Waals surface area contributed by atoms with Crippen LogP contribution in [0.3, 0.4) is 0 Å². The van der Waals surface area contributed by atoms with Crippen LogP contribution in [-0.2, 0) is 4.79 Å². The van der Waals surface area contributed by atoms with E-state index in [-0.39, 0.29) is 11.5 Å². The lowest BCUT2D eigenvalue weighted by atomic mass is 9.84. The minimum atomic E-state index is -0.313. The summed E-state index contributed by atoms with van der Waals surface area (Å²) in [7, 11) is 0. The van der Waals surface area contributed by atoms with E-state index >= 15 is 0 Å². The molecule has 1 atom stereocenters. The maximum atomic E-state index is 10.3. The molecule has 1 aliphatic rings. The Bertz CT molecular complexity index is 226. The molecule has 1 aliphatic carbocycles. The Hall–Kier alpha value is -0.630. The second-order valence-electron chi connectivity index (χ2n) is 4.04. The van der Waals surface area contributed by atoms with Crippen LogP contribution >= 0.6 is 0 Å². The van der Waals surface area contributed by atoms with Gasteiger partial charge in [0, 0.05) is 11.8 Å². The molecular weight excluding hydrogens is 152 g/mol. The molecule has 12 heavy (non-hydrogen) atoms. The van der Waals surface area contributed by atoms with Crippen molar-refractivity contribution >= 4 is 6.29 Å². The average molecular weight is 168 g/mol. The van der Waals surface area contributed by atoms with Crippen molar-refractivity contribution in [1.82, 2.24) is 0 Å². The molecule has 0 aromatic heterocycles. The van der Waals surface area contributed by atoms with E-state index in [9.17, 15) is 9.90 Å². The number of rotatable bonds is 2. The van der Waals surface area contributed by atoms with Gasteiger partial charge in [-0.1, -0.05) is 25.0 Å². The molecule has 0 aromatic rings. The topological polar surface area (TPSA) is 37.3 Å². The third-order valence-corrected chi connectivity index (χ3v) is 3.10. The Morgan fingerprint density at radius 1 is 1.67 bits per heavy atom. The third kappa shape index (κ3) is 1.31. The van der Waals surface area contributed by atoms with E-state index in [4.69, 9.17) is 0 Å². The number of aliphatic hydroxyl groups is 1. The molecule has 1 rings (SSSR count). The highest BCUT2D eigenvalue weighted by Crippen LogP contribution is 2.42. The molecule has 0 radical (unpaired) electrons. The third-order valence-electron chi connectivity index (χ3n) is 3.10. The van der Waals surface area contributed by atoms with Crippen LogP contribution < -0.4 is 0 Å². The summed E-state index contributed by atoms with van der Waals surface area (Å²) < 4.78 is 0. The molecule has 68 valence electrons. The molecular formula is C10H16O2. The van der Waals surface area contributed by atoms with Gasteiger partial charge in [-0.05, 0) is 13.3 Å². The normalized spacial score (nSPS) is 27.8. The predicted molar refractivity (Wildman–Crippen MR) is 47.8 cm³/mol. The molecule has 0 saturated carbocycles. The van der Waals surface area contributed by atoms with Crippen LogP contribution in [0.2, 0.25) is 0 Å². The lowest BCUT2D eigenvalue weighted by Gasteiger charge is -2.24. The molecule has 0 aromatic carbocycles. The number of carbonyl (C=O) groups is 1. The van der Waals surface area contributed by atoms with Crippen molar-refractivity contribution in [1.29, 1.82) is 0 Å². The molecule has 2 nitrogen and oxygen atoms in total. The first-order chi connectivity index (χ1) is 5.50. The van der Waals surface area contributed by atoms with Crippen LogP contribution in [-0.4, -0.2) is 17.5 Å². The van der Waals surface area contributed by atoms with Gasteiger partial charge in [0.2, 0.25) is 0 Å². The number of aldehydes is 1. The van der Waals surface area contributed by atoms with Gasteiger partial charge in [0.1, 0.15) is 6.29 Å². The summed E-state index contributed by atoms with van der Waals surface area (Å²) in [5, 5.41) is 9.67. The minimum absolute atomic E-state index is 0.141. The second-order valence-corrected chi connectivity index (χ2v) is 4.04. The summed E-state index contributed by atoms with van der Waals surface area (Å²) in [5.41, 5.74) is 2.16. The molecule has 1 N–H and O–H groups in total. The second kappa shape index (κ2) is 3.02. The van der Waals surface area contributed by atoms with Gasteiger partial charge in [-0.25, -0.2) is 0 Å². The van der Waals surface area contributed by atoms with Crippen molar-refractivity contribution in [3.05, 3.63) is 11.1 Å². The first kappa shape index (κ1) is 9.46. The first-order valence-corrected chi connectivity index (χ1v) is 4.31. The molecule has 0 spiro atoms. The van der Waals surface area contributed by atoms with E-state index in [1.165, 1.54) is 5.57 Å². The Morgan fingerprint density at radius 3 is 2.58 bits per heavy atom. The van der Waals surface area contributed by atoms with Gasteiger partial charge in [-0.2, -0.15) is 0 Å². The van der Waals surface area contributed by atoms with E-state index in [1.54, 1.807) is 0 Å². The molecule has 0 saturated heterocycles. The SMILES string of the molecule is CC1=C(CC=O)CC(O)C1(C)C. The predicted octanol–water partition coefficient (Wildman–Crippen LogP) is 1.68. The highest BCUT2D eigenvalue weighted by atomic mass is 16.3. The van der Waals surface area contributed by atoms with Crippen molar-refractivity contribution in [2.45, 2.75) is 39.7 Å². The van der Waals surface area contributed by atoms with Crippen LogP contribution in [0, 0.1) is 5.41 Å². The Balaban J connectivity index is 2.89. The maximum absolute atomic E-state index is 10.3. The number of aliphatic hydroxyl groups excluding tert-OH is 1. The van der Waals surface area contributed by atoms with Crippen molar-refractivity contribution in [3.63, 3.8) is 0 Å². The fraction of sp³-hybridized carbons (Fsp3) is 0.700. The van der Waals surface area contributed by atoms with E-state index in [1.807, 2.05) is 20.8 Å². The minimum Gasteiger partial charge on any atom is -0.392 e.